The summed E-state index contributed by atoms with van der Waals surface area (Å²) in [4.78, 5) is 0. The fourth-order valence-corrected chi connectivity index (χ4v) is 2.35. The lowest BCUT2D eigenvalue weighted by atomic mass is 10.0. The largest absolute Gasteiger partial charge is 0.313 e. The third kappa shape index (κ3) is 3.59. The number of aryl methyl sites for hydroxylation is 1. The predicted octanol–water partition coefficient (Wildman–Crippen LogP) is 4.68. The summed E-state index contributed by atoms with van der Waals surface area (Å²) >= 11 is 6.35. The zero-order chi connectivity index (χ0) is 13.7. The van der Waals surface area contributed by atoms with E-state index in [1.807, 2.05) is 0 Å². The maximum atomic E-state index is 6.35. The van der Waals surface area contributed by atoms with Crippen LogP contribution in [0.15, 0.2) is 42.5 Å². The van der Waals surface area contributed by atoms with Crippen LogP contribution >= 0.6 is 11.6 Å². The molecule has 0 unspecified atom stereocenters. The highest BCUT2D eigenvalue weighted by Crippen LogP contribution is 2.26. The van der Waals surface area contributed by atoms with Crippen LogP contribution in [0.2, 0.25) is 5.02 Å². The number of benzene rings is 2. The third-order valence-corrected chi connectivity index (χ3v) is 3.64. The van der Waals surface area contributed by atoms with Crippen molar-refractivity contribution in [2.75, 3.05) is 6.54 Å². The van der Waals surface area contributed by atoms with Crippen LogP contribution in [0.1, 0.15) is 25.0 Å². The molecule has 0 amide bonds. The van der Waals surface area contributed by atoms with Gasteiger partial charge in [-0.15, -0.1) is 0 Å². The molecule has 0 saturated carbocycles. The first kappa shape index (κ1) is 14.1. The van der Waals surface area contributed by atoms with E-state index in [2.05, 4.69) is 61.6 Å². The van der Waals surface area contributed by atoms with Gasteiger partial charge in [-0.05, 0) is 41.3 Å². The van der Waals surface area contributed by atoms with Crippen molar-refractivity contribution in [3.63, 3.8) is 0 Å². The summed E-state index contributed by atoms with van der Waals surface area (Å²) in [5, 5.41) is 4.13. The van der Waals surface area contributed by atoms with Crippen LogP contribution in [0, 0.1) is 0 Å². The Hall–Kier alpha value is -1.31. The molecule has 0 saturated heterocycles. The Morgan fingerprint density at radius 3 is 2.47 bits per heavy atom. The van der Waals surface area contributed by atoms with Crippen molar-refractivity contribution in [2.45, 2.75) is 26.8 Å². The molecule has 2 rings (SSSR count). The van der Waals surface area contributed by atoms with E-state index < -0.39 is 0 Å². The van der Waals surface area contributed by atoms with E-state index in [0.29, 0.717) is 0 Å². The van der Waals surface area contributed by atoms with Crippen LogP contribution in [0.3, 0.4) is 0 Å². The van der Waals surface area contributed by atoms with Crippen molar-refractivity contribution in [3.8, 4) is 11.1 Å². The molecule has 2 heteroatoms. The Kier molecular flexibility index (Phi) is 5.00. The highest BCUT2D eigenvalue weighted by atomic mass is 35.5. The second-order valence-corrected chi connectivity index (χ2v) is 5.05. The molecule has 1 nitrogen and oxygen atoms in total. The summed E-state index contributed by atoms with van der Waals surface area (Å²) in [5.41, 5.74) is 4.92. The molecule has 0 radical (unpaired) electrons. The molecule has 0 aliphatic heterocycles. The minimum atomic E-state index is 0.824. The molecular formula is C17H20ClN. The summed E-state index contributed by atoms with van der Waals surface area (Å²) in [5.74, 6) is 0. The van der Waals surface area contributed by atoms with Crippen LogP contribution in [0.4, 0.5) is 0 Å². The maximum Gasteiger partial charge on any atom is 0.0457 e. The van der Waals surface area contributed by atoms with Gasteiger partial charge < -0.3 is 5.32 Å². The number of hydrogen-bond acceptors (Lipinski definition) is 1. The Morgan fingerprint density at radius 1 is 1.00 bits per heavy atom. The first-order chi connectivity index (χ1) is 9.24. The molecule has 0 heterocycles. The molecule has 0 aliphatic carbocycles. The minimum absolute atomic E-state index is 0.824. The second kappa shape index (κ2) is 6.74. The summed E-state index contributed by atoms with van der Waals surface area (Å²) in [6.45, 7) is 6.05. The van der Waals surface area contributed by atoms with Crippen molar-refractivity contribution >= 4 is 11.6 Å². The monoisotopic (exact) mass is 273 g/mol. The van der Waals surface area contributed by atoms with Gasteiger partial charge in [-0.2, -0.15) is 0 Å². The van der Waals surface area contributed by atoms with E-state index in [4.69, 9.17) is 11.6 Å². The van der Waals surface area contributed by atoms with E-state index in [1.165, 1.54) is 16.7 Å². The topological polar surface area (TPSA) is 12.0 Å². The number of rotatable bonds is 5. The Balaban J connectivity index is 2.27. The van der Waals surface area contributed by atoms with Crippen molar-refractivity contribution in [2.24, 2.45) is 0 Å². The normalized spacial score (nSPS) is 10.7. The average Bonchev–Trinajstić information content (AvgIpc) is 2.46. The first-order valence-electron chi connectivity index (χ1n) is 6.83. The molecule has 0 atom stereocenters. The Bertz CT molecular complexity index is 549. The van der Waals surface area contributed by atoms with E-state index >= 15 is 0 Å². The summed E-state index contributed by atoms with van der Waals surface area (Å²) in [7, 11) is 0. The zero-order valence-corrected chi connectivity index (χ0v) is 12.3. The fraction of sp³-hybridized carbons (Fsp3) is 0.294. The van der Waals surface area contributed by atoms with E-state index in [-0.39, 0.29) is 0 Å². The quantitative estimate of drug-likeness (QED) is 0.834. The van der Waals surface area contributed by atoms with Crippen LogP contribution in [0.25, 0.3) is 11.1 Å². The van der Waals surface area contributed by atoms with Crippen LogP contribution < -0.4 is 5.32 Å². The summed E-state index contributed by atoms with van der Waals surface area (Å²) in [6.07, 6.45) is 1.06. The van der Waals surface area contributed by atoms with Gasteiger partial charge in [0.25, 0.3) is 0 Å². The molecular weight excluding hydrogens is 254 g/mol. The third-order valence-electron chi connectivity index (χ3n) is 3.29. The molecule has 2 aromatic carbocycles. The van der Waals surface area contributed by atoms with Crippen LogP contribution in [-0.4, -0.2) is 6.54 Å². The molecule has 0 bridgehead atoms. The molecule has 2 aromatic rings. The summed E-state index contributed by atoms with van der Waals surface area (Å²) in [6, 6.07) is 14.9. The zero-order valence-electron chi connectivity index (χ0n) is 11.5. The molecule has 1 N–H and O–H groups in total. The standard InChI is InChI=1S/C17H20ClN/c1-3-13-6-5-7-14(10-13)15-8-9-16(12-19-4-2)17(18)11-15/h5-11,19H,3-4,12H2,1-2H3. The number of halogens is 1. The van der Waals surface area contributed by atoms with E-state index in [0.717, 1.165) is 30.1 Å². The van der Waals surface area contributed by atoms with Crippen molar-refractivity contribution in [3.05, 3.63) is 58.6 Å². The van der Waals surface area contributed by atoms with Crippen molar-refractivity contribution < 1.29 is 0 Å². The molecule has 19 heavy (non-hydrogen) atoms. The smallest absolute Gasteiger partial charge is 0.0457 e. The maximum absolute atomic E-state index is 6.35. The fourth-order valence-electron chi connectivity index (χ4n) is 2.10. The average molecular weight is 274 g/mol. The van der Waals surface area contributed by atoms with Crippen molar-refractivity contribution in [1.29, 1.82) is 0 Å². The Morgan fingerprint density at radius 2 is 1.79 bits per heavy atom. The first-order valence-corrected chi connectivity index (χ1v) is 7.20. The van der Waals surface area contributed by atoms with Crippen LogP contribution in [0.5, 0.6) is 0 Å². The van der Waals surface area contributed by atoms with Gasteiger partial charge in [-0.25, -0.2) is 0 Å². The minimum Gasteiger partial charge on any atom is -0.313 e. The summed E-state index contributed by atoms with van der Waals surface area (Å²) < 4.78 is 0. The Labute approximate surface area is 120 Å². The lowest BCUT2D eigenvalue weighted by molar-refractivity contribution is 0.727. The van der Waals surface area contributed by atoms with Gasteiger partial charge in [-0.3, -0.25) is 0 Å². The van der Waals surface area contributed by atoms with Gasteiger partial charge >= 0.3 is 0 Å². The van der Waals surface area contributed by atoms with Gasteiger partial charge in [0.1, 0.15) is 0 Å². The molecule has 0 spiro atoms. The number of hydrogen-bond donors (Lipinski definition) is 1. The molecule has 100 valence electrons. The molecule has 0 aliphatic rings. The highest BCUT2D eigenvalue weighted by Gasteiger charge is 2.04. The van der Waals surface area contributed by atoms with Gasteiger partial charge in [-0.1, -0.05) is 61.8 Å². The predicted molar refractivity (Wildman–Crippen MR) is 83.6 cm³/mol. The van der Waals surface area contributed by atoms with Gasteiger partial charge in [0.05, 0.1) is 0 Å². The lowest BCUT2D eigenvalue weighted by Crippen LogP contribution is -2.11. The lowest BCUT2D eigenvalue weighted by Gasteiger charge is -2.09. The highest BCUT2D eigenvalue weighted by molar-refractivity contribution is 6.31. The van der Waals surface area contributed by atoms with Crippen molar-refractivity contribution in [1.82, 2.24) is 5.32 Å². The second-order valence-electron chi connectivity index (χ2n) is 4.64. The van der Waals surface area contributed by atoms with Gasteiger partial charge in [0, 0.05) is 11.6 Å². The number of nitrogens with one attached hydrogen (secondary N) is 1. The van der Waals surface area contributed by atoms with E-state index in [1.54, 1.807) is 0 Å². The van der Waals surface area contributed by atoms with Crippen LogP contribution in [-0.2, 0) is 13.0 Å². The van der Waals surface area contributed by atoms with Gasteiger partial charge in [0.15, 0.2) is 0 Å². The molecule has 0 fully saturated rings. The SMILES string of the molecule is CCNCc1ccc(-c2cccc(CC)c2)cc1Cl. The van der Waals surface area contributed by atoms with Gasteiger partial charge in [0.2, 0.25) is 0 Å². The molecule has 0 aromatic heterocycles. The van der Waals surface area contributed by atoms with E-state index in [9.17, 15) is 0 Å².